The lowest BCUT2D eigenvalue weighted by molar-refractivity contribution is -0.135. The Morgan fingerprint density at radius 1 is 1.09 bits per heavy atom. The molecule has 1 aliphatic heterocycles. The molecule has 1 amide bonds. The summed E-state index contributed by atoms with van der Waals surface area (Å²) in [5, 5.41) is 7.72. The van der Waals surface area contributed by atoms with E-state index in [1.165, 1.54) is 32.1 Å². The zero-order chi connectivity index (χ0) is 15.0. The molecule has 4 rings (SSSR count). The number of carbonyl (C=O) groups is 1. The SMILES string of the molecule is O=C(CC12CCC(CC1)C2)N1CCC(Cn2cnnc2)CC1. The fraction of sp³-hybridized carbons (Fsp3) is 0.824. The van der Waals surface area contributed by atoms with E-state index in [9.17, 15) is 4.79 Å². The van der Waals surface area contributed by atoms with Crippen LogP contribution in [0.1, 0.15) is 51.4 Å². The van der Waals surface area contributed by atoms with Crippen molar-refractivity contribution in [3.8, 4) is 0 Å². The van der Waals surface area contributed by atoms with Gasteiger partial charge in [-0.25, -0.2) is 0 Å². The number of hydrogen-bond donors (Lipinski definition) is 0. The van der Waals surface area contributed by atoms with Crippen LogP contribution in [0.4, 0.5) is 0 Å². The number of hydrogen-bond acceptors (Lipinski definition) is 3. The molecule has 120 valence electrons. The van der Waals surface area contributed by atoms with Gasteiger partial charge < -0.3 is 9.47 Å². The van der Waals surface area contributed by atoms with Gasteiger partial charge in [0.1, 0.15) is 12.7 Å². The normalized spacial score (nSPS) is 31.8. The molecule has 2 heterocycles. The Kier molecular flexibility index (Phi) is 3.66. The van der Waals surface area contributed by atoms with Crippen LogP contribution in [0.5, 0.6) is 0 Å². The lowest BCUT2D eigenvalue weighted by Gasteiger charge is -2.35. The van der Waals surface area contributed by atoms with Crippen LogP contribution in [-0.4, -0.2) is 38.7 Å². The van der Waals surface area contributed by atoms with Gasteiger partial charge in [-0.2, -0.15) is 0 Å². The molecule has 2 bridgehead atoms. The molecule has 0 unspecified atom stereocenters. The number of likely N-dealkylation sites (tertiary alicyclic amines) is 1. The molecule has 5 nitrogen and oxygen atoms in total. The molecular formula is C17H26N4O. The van der Waals surface area contributed by atoms with Crippen LogP contribution in [0.3, 0.4) is 0 Å². The summed E-state index contributed by atoms with van der Waals surface area (Å²) in [6.07, 6.45) is 13.3. The molecule has 1 saturated heterocycles. The molecule has 1 aromatic heterocycles. The van der Waals surface area contributed by atoms with Crippen LogP contribution < -0.4 is 0 Å². The van der Waals surface area contributed by atoms with Crippen molar-refractivity contribution >= 4 is 5.91 Å². The molecule has 0 spiro atoms. The van der Waals surface area contributed by atoms with Gasteiger partial charge in [0, 0.05) is 26.1 Å². The van der Waals surface area contributed by atoms with E-state index in [1.54, 1.807) is 12.7 Å². The molecule has 0 atom stereocenters. The highest BCUT2D eigenvalue weighted by Gasteiger charge is 2.46. The molecular weight excluding hydrogens is 276 g/mol. The Labute approximate surface area is 132 Å². The first-order chi connectivity index (χ1) is 10.7. The second-order valence-corrected chi connectivity index (χ2v) is 7.81. The summed E-state index contributed by atoms with van der Waals surface area (Å²) in [6.45, 7) is 2.86. The average molecular weight is 302 g/mol. The van der Waals surface area contributed by atoms with Crippen molar-refractivity contribution in [1.29, 1.82) is 0 Å². The van der Waals surface area contributed by atoms with Gasteiger partial charge in [-0.1, -0.05) is 0 Å². The molecule has 1 aromatic rings. The lowest BCUT2D eigenvalue weighted by atomic mass is 9.80. The maximum Gasteiger partial charge on any atom is 0.223 e. The molecule has 2 saturated carbocycles. The van der Waals surface area contributed by atoms with E-state index in [0.29, 0.717) is 17.2 Å². The highest BCUT2D eigenvalue weighted by molar-refractivity contribution is 5.77. The quantitative estimate of drug-likeness (QED) is 0.858. The molecule has 0 aromatic carbocycles. The van der Waals surface area contributed by atoms with Crippen LogP contribution >= 0.6 is 0 Å². The Balaban J connectivity index is 1.27. The molecule has 0 N–H and O–H groups in total. The molecule has 22 heavy (non-hydrogen) atoms. The number of amides is 1. The number of nitrogens with zero attached hydrogens (tertiary/aromatic N) is 4. The Bertz CT molecular complexity index is 511. The topological polar surface area (TPSA) is 51.0 Å². The summed E-state index contributed by atoms with van der Waals surface area (Å²) in [5.41, 5.74) is 0.390. The number of fused-ring (bicyclic) bond motifs is 2. The average Bonchev–Trinajstić information content (AvgIpc) is 3.25. The second kappa shape index (κ2) is 5.67. The Hall–Kier alpha value is -1.39. The van der Waals surface area contributed by atoms with Crippen LogP contribution in [-0.2, 0) is 11.3 Å². The van der Waals surface area contributed by atoms with Crippen LogP contribution in [0.25, 0.3) is 0 Å². The minimum absolute atomic E-state index is 0.390. The Morgan fingerprint density at radius 2 is 1.77 bits per heavy atom. The van der Waals surface area contributed by atoms with Gasteiger partial charge in [0.2, 0.25) is 5.91 Å². The minimum Gasteiger partial charge on any atom is -0.343 e. The van der Waals surface area contributed by atoms with E-state index >= 15 is 0 Å². The van der Waals surface area contributed by atoms with Crippen molar-refractivity contribution in [2.45, 2.75) is 57.9 Å². The van der Waals surface area contributed by atoms with E-state index in [1.807, 2.05) is 0 Å². The van der Waals surface area contributed by atoms with E-state index in [0.717, 1.165) is 44.8 Å². The third-order valence-corrected chi connectivity index (χ3v) is 6.32. The molecule has 0 radical (unpaired) electrons. The van der Waals surface area contributed by atoms with Gasteiger partial charge >= 0.3 is 0 Å². The molecule has 3 fully saturated rings. The zero-order valence-corrected chi connectivity index (χ0v) is 13.3. The number of aromatic nitrogens is 3. The predicted octanol–water partition coefficient (Wildman–Crippen LogP) is 2.49. The monoisotopic (exact) mass is 302 g/mol. The summed E-state index contributed by atoms with van der Waals surface area (Å²) in [7, 11) is 0. The van der Waals surface area contributed by atoms with Crippen molar-refractivity contribution in [2.24, 2.45) is 17.3 Å². The summed E-state index contributed by atoms with van der Waals surface area (Å²) in [6, 6.07) is 0. The van der Waals surface area contributed by atoms with Crippen LogP contribution in [0.2, 0.25) is 0 Å². The number of piperidine rings is 1. The summed E-state index contributed by atoms with van der Waals surface area (Å²) in [5.74, 6) is 2.01. The first-order valence-electron chi connectivity index (χ1n) is 8.83. The van der Waals surface area contributed by atoms with Crippen molar-refractivity contribution in [3.05, 3.63) is 12.7 Å². The Morgan fingerprint density at radius 3 is 2.36 bits per heavy atom. The van der Waals surface area contributed by atoms with Gasteiger partial charge in [-0.15, -0.1) is 10.2 Å². The van der Waals surface area contributed by atoms with Gasteiger partial charge in [0.15, 0.2) is 0 Å². The summed E-state index contributed by atoms with van der Waals surface area (Å²) < 4.78 is 2.05. The highest BCUT2D eigenvalue weighted by atomic mass is 16.2. The summed E-state index contributed by atoms with van der Waals surface area (Å²) >= 11 is 0. The van der Waals surface area contributed by atoms with Gasteiger partial charge in [-0.05, 0) is 62.2 Å². The fourth-order valence-electron chi connectivity index (χ4n) is 4.97. The maximum atomic E-state index is 12.7. The standard InChI is InChI=1S/C17H26N4O/c22-16(10-17-5-1-14(9-17)2-6-17)21-7-3-15(4-8-21)11-20-12-18-19-13-20/h12-15H,1-11H2. The van der Waals surface area contributed by atoms with Crippen molar-refractivity contribution in [2.75, 3.05) is 13.1 Å². The van der Waals surface area contributed by atoms with E-state index in [4.69, 9.17) is 0 Å². The smallest absolute Gasteiger partial charge is 0.223 e. The third kappa shape index (κ3) is 2.77. The zero-order valence-electron chi connectivity index (χ0n) is 13.3. The van der Waals surface area contributed by atoms with E-state index < -0.39 is 0 Å². The van der Waals surface area contributed by atoms with Gasteiger partial charge in [-0.3, -0.25) is 4.79 Å². The lowest BCUT2D eigenvalue weighted by Crippen LogP contribution is -2.41. The first-order valence-corrected chi connectivity index (χ1v) is 8.83. The van der Waals surface area contributed by atoms with Gasteiger partial charge in [0.05, 0.1) is 0 Å². The second-order valence-electron chi connectivity index (χ2n) is 7.81. The predicted molar refractivity (Wildman–Crippen MR) is 83.0 cm³/mol. The number of rotatable bonds is 4. The van der Waals surface area contributed by atoms with Crippen molar-refractivity contribution < 1.29 is 4.79 Å². The van der Waals surface area contributed by atoms with Crippen molar-refractivity contribution in [1.82, 2.24) is 19.7 Å². The highest BCUT2D eigenvalue weighted by Crippen LogP contribution is 2.56. The largest absolute Gasteiger partial charge is 0.343 e. The molecule has 3 aliphatic rings. The maximum absolute atomic E-state index is 12.7. The van der Waals surface area contributed by atoms with E-state index in [-0.39, 0.29) is 0 Å². The van der Waals surface area contributed by atoms with Crippen molar-refractivity contribution in [3.63, 3.8) is 0 Å². The summed E-state index contributed by atoms with van der Waals surface area (Å²) in [4.78, 5) is 14.8. The third-order valence-electron chi connectivity index (χ3n) is 6.32. The van der Waals surface area contributed by atoms with Crippen LogP contribution in [0.15, 0.2) is 12.7 Å². The minimum atomic E-state index is 0.390. The van der Waals surface area contributed by atoms with E-state index in [2.05, 4.69) is 19.7 Å². The van der Waals surface area contributed by atoms with Gasteiger partial charge in [0.25, 0.3) is 0 Å². The molecule has 2 aliphatic carbocycles. The first kappa shape index (κ1) is 14.2. The fourth-order valence-corrected chi connectivity index (χ4v) is 4.97. The number of carbonyl (C=O) groups excluding carboxylic acids is 1. The molecule has 5 heteroatoms. The van der Waals surface area contributed by atoms with Crippen LogP contribution in [0, 0.1) is 17.3 Å².